The second-order valence-corrected chi connectivity index (χ2v) is 10.1. The van der Waals surface area contributed by atoms with Crippen LogP contribution in [0.1, 0.15) is 17.7 Å². The Morgan fingerprint density at radius 1 is 0.939 bits per heavy atom. The number of aryl methyl sites for hydroxylation is 1. The molecular weight excluding hydrogens is 448 g/mol. The number of pyridine rings is 1. The van der Waals surface area contributed by atoms with Crippen LogP contribution in [0.25, 0.3) is 11.3 Å². The Balaban J connectivity index is 1.31. The highest BCUT2D eigenvalue weighted by molar-refractivity contribution is 8.00. The molecule has 2 aromatic carbocycles. The smallest absolute Gasteiger partial charge is 0.294 e. The van der Waals surface area contributed by atoms with Crippen molar-refractivity contribution in [2.24, 2.45) is 0 Å². The number of benzene rings is 2. The second-order valence-electron chi connectivity index (χ2n) is 7.84. The van der Waals surface area contributed by atoms with Crippen molar-refractivity contribution in [1.29, 1.82) is 0 Å². The van der Waals surface area contributed by atoms with E-state index in [0.717, 1.165) is 39.9 Å². The number of rotatable bonds is 6. The molecule has 4 aromatic rings. The molecule has 0 aliphatic carbocycles. The molecule has 0 radical (unpaired) electrons. The van der Waals surface area contributed by atoms with Crippen LogP contribution in [-0.4, -0.2) is 29.1 Å². The lowest BCUT2D eigenvalue weighted by Crippen LogP contribution is -2.49. The van der Waals surface area contributed by atoms with Gasteiger partial charge >= 0.3 is 6.03 Å². The van der Waals surface area contributed by atoms with E-state index in [2.05, 4.69) is 29.2 Å². The molecule has 1 fully saturated rings. The van der Waals surface area contributed by atoms with E-state index in [-0.39, 0.29) is 6.03 Å². The van der Waals surface area contributed by atoms with Crippen molar-refractivity contribution in [3.8, 4) is 11.3 Å². The number of carbonyl (C=O) groups is 1. The zero-order valence-corrected chi connectivity index (χ0v) is 20.0. The number of thiazole rings is 1. The molecule has 1 aliphatic rings. The molecule has 166 valence electrons. The van der Waals surface area contributed by atoms with E-state index in [1.807, 2.05) is 65.3 Å². The Labute approximate surface area is 202 Å². The SMILES string of the molecule is Cc1nc(N2CCCN(c3ccc(-c4ccccn4)cc3)C2=O)sc1SCc1ccccc1. The zero-order valence-electron chi connectivity index (χ0n) is 18.3. The summed E-state index contributed by atoms with van der Waals surface area (Å²) in [5, 5.41) is 0.780. The van der Waals surface area contributed by atoms with Crippen LogP contribution in [0.4, 0.5) is 15.6 Å². The maximum absolute atomic E-state index is 13.4. The molecule has 2 aromatic heterocycles. The number of hydrogen-bond donors (Lipinski definition) is 0. The van der Waals surface area contributed by atoms with Gasteiger partial charge in [-0.2, -0.15) is 0 Å². The van der Waals surface area contributed by atoms with E-state index < -0.39 is 0 Å². The molecule has 0 N–H and O–H groups in total. The second kappa shape index (κ2) is 9.77. The summed E-state index contributed by atoms with van der Waals surface area (Å²) in [4.78, 5) is 26.2. The Bertz CT molecular complexity index is 1230. The predicted octanol–water partition coefficient (Wildman–Crippen LogP) is 6.64. The fourth-order valence-electron chi connectivity index (χ4n) is 3.83. The Morgan fingerprint density at radius 2 is 1.70 bits per heavy atom. The number of aromatic nitrogens is 2. The molecule has 3 heterocycles. The van der Waals surface area contributed by atoms with Gasteiger partial charge in [0.1, 0.15) is 0 Å². The fourth-order valence-corrected chi connectivity index (χ4v) is 6.03. The molecule has 0 spiro atoms. The van der Waals surface area contributed by atoms with Gasteiger partial charge in [-0.3, -0.25) is 14.8 Å². The van der Waals surface area contributed by atoms with Crippen LogP contribution in [0.2, 0.25) is 0 Å². The van der Waals surface area contributed by atoms with Gasteiger partial charge in [0.15, 0.2) is 5.13 Å². The van der Waals surface area contributed by atoms with E-state index in [1.165, 1.54) is 9.77 Å². The molecule has 1 saturated heterocycles. The molecule has 0 saturated carbocycles. The Morgan fingerprint density at radius 3 is 2.45 bits per heavy atom. The van der Waals surface area contributed by atoms with Gasteiger partial charge in [0.25, 0.3) is 0 Å². The fraction of sp³-hybridized carbons (Fsp3) is 0.192. The van der Waals surface area contributed by atoms with Crippen LogP contribution in [0.15, 0.2) is 83.2 Å². The maximum Gasteiger partial charge on any atom is 0.330 e. The van der Waals surface area contributed by atoms with Crippen molar-refractivity contribution in [1.82, 2.24) is 9.97 Å². The largest absolute Gasteiger partial charge is 0.330 e. The first-order chi connectivity index (χ1) is 16.2. The number of urea groups is 1. The highest BCUT2D eigenvalue weighted by atomic mass is 32.2. The third-order valence-corrected chi connectivity index (χ3v) is 8.17. The first kappa shape index (κ1) is 21.7. The van der Waals surface area contributed by atoms with Crippen LogP contribution < -0.4 is 9.80 Å². The summed E-state index contributed by atoms with van der Waals surface area (Å²) in [5.74, 6) is 0.895. The van der Waals surface area contributed by atoms with Gasteiger partial charge in [0, 0.05) is 36.3 Å². The first-order valence-electron chi connectivity index (χ1n) is 10.9. The van der Waals surface area contributed by atoms with Crippen molar-refractivity contribution in [2.75, 3.05) is 22.9 Å². The summed E-state index contributed by atoms with van der Waals surface area (Å²) in [6.07, 6.45) is 2.69. The summed E-state index contributed by atoms with van der Waals surface area (Å²) in [6, 6.07) is 24.3. The monoisotopic (exact) mass is 472 g/mol. The highest BCUT2D eigenvalue weighted by Crippen LogP contribution is 2.37. The Kier molecular flexibility index (Phi) is 6.41. The lowest BCUT2D eigenvalue weighted by atomic mass is 10.1. The molecule has 5 nitrogen and oxygen atoms in total. The van der Waals surface area contributed by atoms with E-state index in [1.54, 1.807) is 29.3 Å². The van der Waals surface area contributed by atoms with Crippen molar-refractivity contribution in [3.63, 3.8) is 0 Å². The lowest BCUT2D eigenvalue weighted by molar-refractivity contribution is 0.248. The van der Waals surface area contributed by atoms with Gasteiger partial charge in [0.2, 0.25) is 0 Å². The third kappa shape index (κ3) is 4.79. The number of thioether (sulfide) groups is 1. The standard InChI is InChI=1S/C26H24N4OS2/c1-19-24(32-18-20-8-3-2-4-9-20)33-25(28-19)30-17-7-16-29(26(30)31)22-13-11-21(12-14-22)23-10-5-6-15-27-23/h2-6,8-15H,7,16-18H2,1H3. The number of amides is 2. The van der Waals surface area contributed by atoms with Gasteiger partial charge in [-0.05, 0) is 43.2 Å². The van der Waals surface area contributed by atoms with Crippen LogP contribution in [-0.2, 0) is 5.75 Å². The average Bonchev–Trinajstić information content (AvgIpc) is 3.24. The molecule has 0 atom stereocenters. The van der Waals surface area contributed by atoms with Crippen LogP contribution in [0.5, 0.6) is 0 Å². The minimum atomic E-state index is -0.0137. The van der Waals surface area contributed by atoms with Crippen molar-refractivity contribution >= 4 is 39.9 Å². The van der Waals surface area contributed by atoms with Crippen LogP contribution in [0.3, 0.4) is 0 Å². The highest BCUT2D eigenvalue weighted by Gasteiger charge is 2.30. The van der Waals surface area contributed by atoms with E-state index >= 15 is 0 Å². The van der Waals surface area contributed by atoms with Crippen molar-refractivity contribution < 1.29 is 4.79 Å². The summed E-state index contributed by atoms with van der Waals surface area (Å²) in [5.41, 5.74) is 5.13. The topological polar surface area (TPSA) is 49.3 Å². The Hall–Kier alpha value is -3.16. The van der Waals surface area contributed by atoms with Gasteiger partial charge in [-0.1, -0.05) is 59.9 Å². The summed E-state index contributed by atoms with van der Waals surface area (Å²) < 4.78 is 1.17. The number of hydrogen-bond acceptors (Lipinski definition) is 5. The normalized spacial score (nSPS) is 14.0. The zero-order chi connectivity index (χ0) is 22.6. The molecule has 5 rings (SSSR count). The molecule has 7 heteroatoms. The van der Waals surface area contributed by atoms with E-state index in [9.17, 15) is 4.79 Å². The molecule has 0 unspecified atom stereocenters. The van der Waals surface area contributed by atoms with Crippen LogP contribution >= 0.6 is 23.1 Å². The van der Waals surface area contributed by atoms with E-state index in [4.69, 9.17) is 4.98 Å². The third-order valence-electron chi connectivity index (χ3n) is 5.55. The molecular formula is C26H24N4OS2. The van der Waals surface area contributed by atoms with Crippen molar-refractivity contribution in [2.45, 2.75) is 23.3 Å². The molecule has 33 heavy (non-hydrogen) atoms. The lowest BCUT2D eigenvalue weighted by Gasteiger charge is -2.34. The van der Waals surface area contributed by atoms with Crippen molar-refractivity contribution in [3.05, 3.63) is 90.3 Å². The van der Waals surface area contributed by atoms with Gasteiger partial charge < -0.3 is 0 Å². The first-order valence-corrected chi connectivity index (χ1v) is 12.7. The summed E-state index contributed by atoms with van der Waals surface area (Å²) in [7, 11) is 0. The predicted molar refractivity (Wildman–Crippen MR) is 137 cm³/mol. The molecule has 0 bridgehead atoms. The quantitative estimate of drug-likeness (QED) is 0.295. The molecule has 1 aliphatic heterocycles. The molecule has 2 amide bonds. The minimum Gasteiger partial charge on any atom is -0.294 e. The van der Waals surface area contributed by atoms with Gasteiger partial charge in [0.05, 0.1) is 15.6 Å². The van der Waals surface area contributed by atoms with Gasteiger partial charge in [-0.15, -0.1) is 11.8 Å². The van der Waals surface area contributed by atoms with E-state index in [0.29, 0.717) is 13.1 Å². The number of nitrogens with zero attached hydrogens (tertiary/aromatic N) is 4. The van der Waals surface area contributed by atoms with Crippen LogP contribution in [0, 0.1) is 6.92 Å². The summed E-state index contributed by atoms with van der Waals surface area (Å²) >= 11 is 3.39. The minimum absolute atomic E-state index is 0.0137. The van der Waals surface area contributed by atoms with Gasteiger partial charge in [-0.25, -0.2) is 9.78 Å². The number of anilines is 2. The maximum atomic E-state index is 13.4. The average molecular weight is 473 g/mol. The summed E-state index contributed by atoms with van der Waals surface area (Å²) in [6.45, 7) is 3.42. The number of carbonyl (C=O) groups excluding carboxylic acids is 1.